The molecular weight excluding hydrogens is 292 g/mol. The first-order valence-corrected chi connectivity index (χ1v) is 8.13. The van der Waals surface area contributed by atoms with Crippen LogP contribution in [0.5, 0.6) is 0 Å². The van der Waals surface area contributed by atoms with E-state index in [-0.39, 0.29) is 5.78 Å². The van der Waals surface area contributed by atoms with Crippen LogP contribution in [0.25, 0.3) is 5.57 Å². The highest BCUT2D eigenvalue weighted by atomic mass is 16.1. The highest BCUT2D eigenvalue weighted by molar-refractivity contribution is 6.08. The number of hydrogen-bond donors (Lipinski definition) is 0. The van der Waals surface area contributed by atoms with Crippen molar-refractivity contribution in [3.63, 3.8) is 0 Å². The molecule has 122 valence electrons. The molecule has 0 radical (unpaired) electrons. The van der Waals surface area contributed by atoms with Crippen molar-refractivity contribution in [2.24, 2.45) is 0 Å². The van der Waals surface area contributed by atoms with Gasteiger partial charge < -0.3 is 0 Å². The Morgan fingerprint density at radius 1 is 0.917 bits per heavy atom. The lowest BCUT2D eigenvalue weighted by Gasteiger charge is -2.12. The molecule has 1 nitrogen and oxygen atoms in total. The number of carbonyl (C=O) groups excluding carboxylic acids is 1. The third-order valence-corrected chi connectivity index (χ3v) is 4.50. The van der Waals surface area contributed by atoms with Gasteiger partial charge in [0.15, 0.2) is 5.78 Å². The van der Waals surface area contributed by atoms with E-state index in [1.807, 2.05) is 55.5 Å². The van der Waals surface area contributed by atoms with Crippen LogP contribution in [0.4, 0.5) is 0 Å². The fraction of sp³-hybridized carbons (Fsp3) is 0.174. The molecule has 0 saturated carbocycles. The van der Waals surface area contributed by atoms with Gasteiger partial charge in [-0.2, -0.15) is 0 Å². The highest BCUT2D eigenvalue weighted by Crippen LogP contribution is 2.25. The molecule has 2 aromatic carbocycles. The summed E-state index contributed by atoms with van der Waals surface area (Å²) in [7, 11) is 0. The minimum Gasteiger partial charge on any atom is -0.289 e. The summed E-state index contributed by atoms with van der Waals surface area (Å²) in [6.07, 6.45) is 5.69. The Labute approximate surface area is 145 Å². The van der Waals surface area contributed by atoms with Gasteiger partial charge in [0.2, 0.25) is 0 Å². The first-order valence-electron chi connectivity index (χ1n) is 8.13. The van der Waals surface area contributed by atoms with Crippen molar-refractivity contribution in [2.75, 3.05) is 0 Å². The fourth-order valence-electron chi connectivity index (χ4n) is 2.64. The number of rotatable bonds is 5. The molecule has 0 saturated heterocycles. The quantitative estimate of drug-likeness (QED) is 0.375. The molecule has 2 rings (SSSR count). The molecule has 0 amide bonds. The van der Waals surface area contributed by atoms with Gasteiger partial charge >= 0.3 is 0 Å². The van der Waals surface area contributed by atoms with Crippen molar-refractivity contribution >= 4 is 11.4 Å². The molecule has 0 N–H and O–H groups in total. The molecule has 0 atom stereocenters. The van der Waals surface area contributed by atoms with E-state index < -0.39 is 0 Å². The largest absolute Gasteiger partial charge is 0.289 e. The molecule has 0 aliphatic heterocycles. The summed E-state index contributed by atoms with van der Waals surface area (Å²) in [6, 6.07) is 13.6. The number of hydrogen-bond acceptors (Lipinski definition) is 1. The molecular formula is C23H24O. The van der Waals surface area contributed by atoms with Crippen LogP contribution in [0.2, 0.25) is 0 Å². The molecule has 0 aromatic heterocycles. The first-order chi connectivity index (χ1) is 11.5. The standard InChI is InChI=1S/C23H24O/c1-6-20(22-15-13-16(2)18(4)19(22)5)14-12-17(3)23(24)21-10-8-7-9-11-21/h6-15H,1H2,2-5H3/b17-12+,20-14+. The van der Waals surface area contributed by atoms with Crippen molar-refractivity contribution in [3.05, 3.63) is 101 Å². The minimum absolute atomic E-state index is 0.0482. The molecule has 0 fully saturated rings. The Kier molecular flexibility index (Phi) is 5.70. The second-order valence-electron chi connectivity index (χ2n) is 6.05. The molecule has 1 heteroatoms. The van der Waals surface area contributed by atoms with E-state index in [0.29, 0.717) is 11.1 Å². The van der Waals surface area contributed by atoms with Gasteiger partial charge in [-0.1, -0.05) is 67.3 Å². The molecule has 0 aliphatic rings. The Balaban J connectivity index is 2.36. The lowest BCUT2D eigenvalue weighted by atomic mass is 9.93. The molecule has 24 heavy (non-hydrogen) atoms. The average Bonchev–Trinajstić information content (AvgIpc) is 2.61. The van der Waals surface area contributed by atoms with Crippen LogP contribution >= 0.6 is 0 Å². The number of ketones is 1. The van der Waals surface area contributed by atoms with Gasteiger partial charge in [0, 0.05) is 5.56 Å². The third kappa shape index (κ3) is 3.80. The molecule has 0 bridgehead atoms. The monoisotopic (exact) mass is 316 g/mol. The van der Waals surface area contributed by atoms with Crippen molar-refractivity contribution < 1.29 is 4.79 Å². The highest BCUT2D eigenvalue weighted by Gasteiger charge is 2.08. The van der Waals surface area contributed by atoms with Crippen LogP contribution in [0.1, 0.15) is 39.5 Å². The van der Waals surface area contributed by atoms with Crippen LogP contribution in [0, 0.1) is 20.8 Å². The predicted octanol–water partition coefficient (Wildman–Crippen LogP) is 6.01. The minimum atomic E-state index is 0.0482. The summed E-state index contributed by atoms with van der Waals surface area (Å²) in [5, 5.41) is 0. The van der Waals surface area contributed by atoms with Crippen molar-refractivity contribution in [2.45, 2.75) is 27.7 Å². The van der Waals surface area contributed by atoms with E-state index in [9.17, 15) is 4.79 Å². The van der Waals surface area contributed by atoms with Gasteiger partial charge in [-0.25, -0.2) is 0 Å². The number of benzene rings is 2. The van der Waals surface area contributed by atoms with Crippen LogP contribution in [-0.4, -0.2) is 5.78 Å². The zero-order valence-electron chi connectivity index (χ0n) is 14.9. The smallest absolute Gasteiger partial charge is 0.188 e. The van der Waals surface area contributed by atoms with Crippen molar-refractivity contribution in [1.29, 1.82) is 0 Å². The van der Waals surface area contributed by atoms with Crippen LogP contribution in [0.3, 0.4) is 0 Å². The van der Waals surface area contributed by atoms with E-state index in [1.54, 1.807) is 0 Å². The Morgan fingerprint density at radius 3 is 2.21 bits per heavy atom. The maximum atomic E-state index is 12.4. The average molecular weight is 316 g/mol. The zero-order chi connectivity index (χ0) is 17.7. The van der Waals surface area contributed by atoms with E-state index in [1.165, 1.54) is 16.7 Å². The van der Waals surface area contributed by atoms with E-state index in [0.717, 1.165) is 11.1 Å². The van der Waals surface area contributed by atoms with E-state index in [4.69, 9.17) is 0 Å². The van der Waals surface area contributed by atoms with Crippen molar-refractivity contribution in [3.8, 4) is 0 Å². The second-order valence-corrected chi connectivity index (χ2v) is 6.05. The summed E-state index contributed by atoms with van der Waals surface area (Å²) < 4.78 is 0. The zero-order valence-corrected chi connectivity index (χ0v) is 14.9. The number of Topliss-reactive ketones (excluding diaryl/α,β-unsaturated/α-hetero) is 1. The number of allylic oxidation sites excluding steroid dienone is 5. The lowest BCUT2D eigenvalue weighted by Crippen LogP contribution is -1.99. The molecule has 0 heterocycles. The summed E-state index contributed by atoms with van der Waals surface area (Å²) in [5.41, 5.74) is 7.43. The molecule has 0 unspecified atom stereocenters. The maximum Gasteiger partial charge on any atom is 0.188 e. The summed E-state index contributed by atoms with van der Waals surface area (Å²) in [5.74, 6) is 0.0482. The Bertz CT molecular complexity index is 821. The SMILES string of the molecule is C=C/C(=C\C=C(/C)C(=O)c1ccccc1)c1ccc(C)c(C)c1C. The van der Waals surface area contributed by atoms with Gasteiger partial charge in [-0.05, 0) is 61.1 Å². The van der Waals surface area contributed by atoms with Crippen LogP contribution in [0.15, 0.2) is 72.8 Å². The van der Waals surface area contributed by atoms with E-state index in [2.05, 4.69) is 39.5 Å². The molecule has 0 spiro atoms. The van der Waals surface area contributed by atoms with E-state index >= 15 is 0 Å². The molecule has 0 aliphatic carbocycles. The maximum absolute atomic E-state index is 12.4. The van der Waals surface area contributed by atoms with Gasteiger partial charge in [0.1, 0.15) is 0 Å². The van der Waals surface area contributed by atoms with Crippen LogP contribution < -0.4 is 0 Å². The predicted molar refractivity (Wildman–Crippen MR) is 103 cm³/mol. The number of carbonyl (C=O) groups is 1. The number of aryl methyl sites for hydroxylation is 1. The lowest BCUT2D eigenvalue weighted by molar-refractivity contribution is 0.103. The first kappa shape index (κ1) is 17.7. The van der Waals surface area contributed by atoms with Gasteiger partial charge in [0.25, 0.3) is 0 Å². The summed E-state index contributed by atoms with van der Waals surface area (Å²) in [6.45, 7) is 12.2. The normalized spacial score (nSPS) is 12.2. The van der Waals surface area contributed by atoms with Crippen molar-refractivity contribution in [1.82, 2.24) is 0 Å². The second kappa shape index (κ2) is 7.74. The third-order valence-electron chi connectivity index (χ3n) is 4.50. The summed E-state index contributed by atoms with van der Waals surface area (Å²) in [4.78, 5) is 12.4. The van der Waals surface area contributed by atoms with Gasteiger partial charge in [-0.15, -0.1) is 0 Å². The Hall–Kier alpha value is -2.67. The summed E-state index contributed by atoms with van der Waals surface area (Å²) >= 11 is 0. The van der Waals surface area contributed by atoms with Crippen LogP contribution in [-0.2, 0) is 0 Å². The Morgan fingerprint density at radius 2 is 1.58 bits per heavy atom. The van der Waals surface area contributed by atoms with Gasteiger partial charge in [0.05, 0.1) is 0 Å². The van der Waals surface area contributed by atoms with Gasteiger partial charge in [-0.3, -0.25) is 4.79 Å². The topological polar surface area (TPSA) is 17.1 Å². The fourth-order valence-corrected chi connectivity index (χ4v) is 2.64. The molecule has 2 aromatic rings.